The molecule has 0 aliphatic rings. The number of nitrogens with one attached hydrogen (secondary N) is 1. The highest BCUT2D eigenvalue weighted by atomic mass is 16.1. The Kier molecular flexibility index (Phi) is 4.05. The van der Waals surface area contributed by atoms with Crippen molar-refractivity contribution in [3.8, 4) is 0 Å². The van der Waals surface area contributed by atoms with E-state index in [4.69, 9.17) is 0 Å². The van der Waals surface area contributed by atoms with Crippen LogP contribution in [0.25, 0.3) is 0 Å². The number of amides is 1. The predicted molar refractivity (Wildman–Crippen MR) is 37.2 cm³/mol. The fraction of sp³-hybridized carbons (Fsp3) is 0.833. The zero-order chi connectivity index (χ0) is 7.28. The summed E-state index contributed by atoms with van der Waals surface area (Å²) in [6.07, 6.45) is 0.587. The van der Waals surface area contributed by atoms with E-state index in [-0.39, 0.29) is 5.91 Å². The van der Waals surface area contributed by atoms with Gasteiger partial charge in [0.2, 0.25) is 5.91 Å². The van der Waals surface area contributed by atoms with Crippen LogP contribution in [0.3, 0.4) is 0 Å². The minimum atomic E-state index is 0.101. The van der Waals surface area contributed by atoms with Gasteiger partial charge < -0.3 is 10.2 Å². The number of nitrogens with zero attached hydrogens (tertiary/aromatic N) is 1. The van der Waals surface area contributed by atoms with Gasteiger partial charge in [-0.2, -0.15) is 0 Å². The molecule has 0 heterocycles. The van der Waals surface area contributed by atoms with Gasteiger partial charge in [-0.15, -0.1) is 0 Å². The Balaban J connectivity index is 3.17. The zero-order valence-electron chi connectivity index (χ0n) is 6.27. The van der Waals surface area contributed by atoms with Gasteiger partial charge in [-0.3, -0.25) is 4.79 Å². The minimum Gasteiger partial charge on any atom is -0.359 e. The standard InChI is InChI=1S/C6H14N2O/c1-7-6(9)4-5-8(2)3/h4-5H2,1-3H3,(H,7,9). The van der Waals surface area contributed by atoms with Gasteiger partial charge in [-0.1, -0.05) is 0 Å². The van der Waals surface area contributed by atoms with Crippen molar-refractivity contribution in [1.29, 1.82) is 0 Å². The maximum atomic E-state index is 10.6. The lowest BCUT2D eigenvalue weighted by atomic mass is 10.4. The first-order valence-corrected chi connectivity index (χ1v) is 3.02. The van der Waals surface area contributed by atoms with Crippen molar-refractivity contribution in [2.45, 2.75) is 6.42 Å². The molecule has 0 aromatic heterocycles. The molecule has 0 saturated carbocycles. The van der Waals surface area contributed by atoms with E-state index in [1.807, 2.05) is 19.0 Å². The fourth-order valence-corrected chi connectivity index (χ4v) is 0.450. The van der Waals surface area contributed by atoms with Crippen molar-refractivity contribution >= 4 is 5.91 Å². The molecule has 0 bridgehead atoms. The van der Waals surface area contributed by atoms with Gasteiger partial charge in [0.25, 0.3) is 0 Å². The highest BCUT2D eigenvalue weighted by molar-refractivity contribution is 5.75. The van der Waals surface area contributed by atoms with Gasteiger partial charge in [-0.25, -0.2) is 0 Å². The highest BCUT2D eigenvalue weighted by Crippen LogP contribution is 1.80. The summed E-state index contributed by atoms with van der Waals surface area (Å²) in [5.74, 6) is 0.101. The lowest BCUT2D eigenvalue weighted by Gasteiger charge is -2.06. The molecule has 0 unspecified atom stereocenters. The summed E-state index contributed by atoms with van der Waals surface area (Å²) in [5.41, 5.74) is 0. The third-order valence-electron chi connectivity index (χ3n) is 1.06. The molecule has 0 fully saturated rings. The normalized spacial score (nSPS) is 9.78. The molecule has 0 rings (SSSR count). The maximum Gasteiger partial charge on any atom is 0.221 e. The summed E-state index contributed by atoms with van der Waals surface area (Å²) < 4.78 is 0. The van der Waals surface area contributed by atoms with Gasteiger partial charge in [-0.05, 0) is 14.1 Å². The molecular weight excluding hydrogens is 116 g/mol. The van der Waals surface area contributed by atoms with Crippen LogP contribution in [0.4, 0.5) is 0 Å². The number of rotatable bonds is 3. The first-order chi connectivity index (χ1) is 4.16. The lowest BCUT2D eigenvalue weighted by molar-refractivity contribution is -0.120. The van der Waals surface area contributed by atoms with Crippen molar-refractivity contribution in [3.63, 3.8) is 0 Å². The molecule has 0 atom stereocenters. The summed E-state index contributed by atoms with van der Waals surface area (Å²) >= 11 is 0. The van der Waals surface area contributed by atoms with Gasteiger partial charge in [0.1, 0.15) is 0 Å². The molecule has 1 N–H and O–H groups in total. The van der Waals surface area contributed by atoms with Crippen LogP contribution in [0.15, 0.2) is 0 Å². The Labute approximate surface area is 56.0 Å². The van der Waals surface area contributed by atoms with Gasteiger partial charge in [0, 0.05) is 20.0 Å². The SMILES string of the molecule is CNC(=O)CCN(C)C. The van der Waals surface area contributed by atoms with Crippen molar-refractivity contribution in [2.24, 2.45) is 0 Å². The van der Waals surface area contributed by atoms with Crippen molar-refractivity contribution in [1.82, 2.24) is 10.2 Å². The van der Waals surface area contributed by atoms with Crippen LogP contribution in [-0.4, -0.2) is 38.5 Å². The Morgan fingerprint density at radius 1 is 1.56 bits per heavy atom. The number of carbonyl (C=O) groups excluding carboxylic acids is 1. The van der Waals surface area contributed by atoms with Crippen LogP contribution < -0.4 is 5.32 Å². The van der Waals surface area contributed by atoms with E-state index in [0.717, 1.165) is 6.54 Å². The van der Waals surface area contributed by atoms with Crippen LogP contribution >= 0.6 is 0 Å². The van der Waals surface area contributed by atoms with Crippen molar-refractivity contribution in [2.75, 3.05) is 27.7 Å². The van der Waals surface area contributed by atoms with Crippen LogP contribution in [0.1, 0.15) is 6.42 Å². The molecular formula is C6H14N2O. The molecule has 3 heteroatoms. The Morgan fingerprint density at radius 2 is 2.11 bits per heavy atom. The van der Waals surface area contributed by atoms with E-state index < -0.39 is 0 Å². The second kappa shape index (κ2) is 4.32. The van der Waals surface area contributed by atoms with E-state index in [1.54, 1.807) is 7.05 Å². The molecule has 1 amide bonds. The third-order valence-corrected chi connectivity index (χ3v) is 1.06. The Hall–Kier alpha value is -0.570. The van der Waals surface area contributed by atoms with Crippen LogP contribution in [-0.2, 0) is 4.79 Å². The summed E-state index contributed by atoms with van der Waals surface area (Å²) in [5, 5.41) is 2.55. The smallest absolute Gasteiger partial charge is 0.221 e. The summed E-state index contributed by atoms with van der Waals surface area (Å²) in [4.78, 5) is 12.6. The molecule has 0 aliphatic carbocycles. The third kappa shape index (κ3) is 5.30. The topological polar surface area (TPSA) is 32.3 Å². The van der Waals surface area contributed by atoms with Gasteiger partial charge >= 0.3 is 0 Å². The van der Waals surface area contributed by atoms with Crippen LogP contribution in [0.5, 0.6) is 0 Å². The van der Waals surface area contributed by atoms with Crippen molar-refractivity contribution < 1.29 is 4.79 Å². The quantitative estimate of drug-likeness (QED) is 0.568. The molecule has 0 saturated heterocycles. The van der Waals surface area contributed by atoms with Gasteiger partial charge in [0.15, 0.2) is 0 Å². The number of hydrogen-bond donors (Lipinski definition) is 1. The van der Waals surface area contributed by atoms with Crippen molar-refractivity contribution in [3.05, 3.63) is 0 Å². The maximum absolute atomic E-state index is 10.6. The Bertz CT molecular complexity index is 91.1. The fourth-order valence-electron chi connectivity index (χ4n) is 0.450. The van der Waals surface area contributed by atoms with Gasteiger partial charge in [0.05, 0.1) is 0 Å². The Morgan fingerprint density at radius 3 is 2.44 bits per heavy atom. The summed E-state index contributed by atoms with van der Waals surface area (Å²) in [7, 11) is 5.55. The molecule has 0 radical (unpaired) electrons. The second-order valence-electron chi connectivity index (χ2n) is 2.23. The number of carbonyl (C=O) groups is 1. The van der Waals surface area contributed by atoms with E-state index in [9.17, 15) is 4.79 Å². The van der Waals surface area contributed by atoms with Crippen LogP contribution in [0.2, 0.25) is 0 Å². The molecule has 0 spiro atoms. The average molecular weight is 130 g/mol. The second-order valence-corrected chi connectivity index (χ2v) is 2.23. The molecule has 0 aromatic carbocycles. The monoisotopic (exact) mass is 130 g/mol. The van der Waals surface area contributed by atoms with E-state index >= 15 is 0 Å². The number of hydrogen-bond acceptors (Lipinski definition) is 2. The molecule has 0 aromatic rings. The predicted octanol–water partition coefficient (Wildman–Crippen LogP) is -0.316. The average Bonchev–Trinajstić information content (AvgIpc) is 1.83. The zero-order valence-corrected chi connectivity index (χ0v) is 6.27. The van der Waals surface area contributed by atoms with E-state index in [0.29, 0.717) is 6.42 Å². The van der Waals surface area contributed by atoms with E-state index in [1.165, 1.54) is 0 Å². The molecule has 0 aliphatic heterocycles. The highest BCUT2D eigenvalue weighted by Gasteiger charge is 1.96. The first-order valence-electron chi connectivity index (χ1n) is 3.02. The summed E-state index contributed by atoms with van der Waals surface area (Å²) in [6.45, 7) is 0.819. The lowest BCUT2D eigenvalue weighted by Crippen LogP contribution is -2.23. The first kappa shape index (κ1) is 8.43. The summed E-state index contributed by atoms with van der Waals surface area (Å²) in [6, 6.07) is 0. The molecule has 3 nitrogen and oxygen atoms in total. The minimum absolute atomic E-state index is 0.101. The van der Waals surface area contributed by atoms with E-state index in [2.05, 4.69) is 5.32 Å². The molecule has 9 heavy (non-hydrogen) atoms. The largest absolute Gasteiger partial charge is 0.359 e. The molecule has 54 valence electrons. The van der Waals surface area contributed by atoms with Crippen LogP contribution in [0, 0.1) is 0 Å².